The van der Waals surface area contributed by atoms with E-state index in [1.54, 1.807) is 6.07 Å². The average molecular weight is 458 g/mol. The molecule has 6 heteroatoms. The molecule has 2 heterocycles. The van der Waals surface area contributed by atoms with E-state index in [9.17, 15) is 9.59 Å². The van der Waals surface area contributed by atoms with Gasteiger partial charge in [0.05, 0.1) is 22.3 Å². The number of nitrogens with two attached hydrogens (primary N) is 1. The number of benzene rings is 2. The minimum atomic E-state index is -0.550. The Morgan fingerprint density at radius 3 is 2.30 bits per heavy atom. The van der Waals surface area contributed by atoms with Crippen LogP contribution >= 0.6 is 11.3 Å². The maximum Gasteiger partial charge on any atom is 0.257 e. The van der Waals surface area contributed by atoms with Crippen molar-refractivity contribution in [2.45, 2.75) is 40.0 Å². The number of nitrogens with one attached hydrogen (secondary N) is 1. The normalized spacial score (nSPS) is 11.5. The largest absolute Gasteiger partial charge is 0.365 e. The number of pyridine rings is 1. The van der Waals surface area contributed by atoms with Crippen LogP contribution in [0.25, 0.3) is 22.2 Å². The molecule has 33 heavy (non-hydrogen) atoms. The van der Waals surface area contributed by atoms with Crippen molar-refractivity contribution in [3.05, 3.63) is 81.7 Å². The van der Waals surface area contributed by atoms with Crippen molar-refractivity contribution in [2.24, 2.45) is 5.73 Å². The van der Waals surface area contributed by atoms with Crippen LogP contribution in [0, 0.1) is 13.8 Å². The topological polar surface area (TPSA) is 85.1 Å². The number of amides is 2. The molecule has 3 N–H and O–H groups in total. The number of hydrogen-bond acceptors (Lipinski definition) is 4. The van der Waals surface area contributed by atoms with E-state index in [1.165, 1.54) is 16.9 Å². The van der Waals surface area contributed by atoms with Crippen LogP contribution in [0.4, 0.5) is 5.00 Å². The summed E-state index contributed by atoms with van der Waals surface area (Å²) < 4.78 is 0. The van der Waals surface area contributed by atoms with Crippen LogP contribution in [0.15, 0.2) is 54.6 Å². The Labute approximate surface area is 197 Å². The summed E-state index contributed by atoms with van der Waals surface area (Å²) in [6.45, 7) is 10.3. The molecule has 0 aliphatic carbocycles. The summed E-state index contributed by atoms with van der Waals surface area (Å²) in [6, 6.07) is 17.6. The fraction of sp³-hybridized carbons (Fsp3) is 0.222. The van der Waals surface area contributed by atoms with E-state index in [0.29, 0.717) is 21.8 Å². The molecule has 0 atom stereocenters. The third-order valence-electron chi connectivity index (χ3n) is 5.87. The molecule has 0 fully saturated rings. The second kappa shape index (κ2) is 8.45. The van der Waals surface area contributed by atoms with Crippen molar-refractivity contribution in [3.8, 4) is 11.3 Å². The maximum absolute atomic E-state index is 13.4. The summed E-state index contributed by atoms with van der Waals surface area (Å²) in [7, 11) is 0. The second-order valence-corrected chi connectivity index (χ2v) is 10.4. The Hall–Kier alpha value is -3.51. The SMILES string of the molecule is Cc1sc(NC(=O)c2cc(-c3ccc(C(C)(C)C)cc3)nc3ccccc23)c(C(N)=O)c1C. The Morgan fingerprint density at radius 2 is 1.67 bits per heavy atom. The van der Waals surface area contributed by atoms with Gasteiger partial charge in [0, 0.05) is 15.8 Å². The van der Waals surface area contributed by atoms with Gasteiger partial charge in [0.2, 0.25) is 0 Å². The molecule has 0 saturated heterocycles. The van der Waals surface area contributed by atoms with E-state index in [1.807, 2.05) is 50.2 Å². The third-order valence-corrected chi connectivity index (χ3v) is 6.99. The highest BCUT2D eigenvalue weighted by molar-refractivity contribution is 7.16. The minimum Gasteiger partial charge on any atom is -0.365 e. The van der Waals surface area contributed by atoms with Crippen molar-refractivity contribution in [1.29, 1.82) is 0 Å². The molecule has 0 aliphatic heterocycles. The highest BCUT2D eigenvalue weighted by Crippen LogP contribution is 2.33. The fourth-order valence-corrected chi connectivity index (χ4v) is 4.90. The molecular formula is C27H27N3O2S. The first-order valence-corrected chi connectivity index (χ1v) is 11.6. The van der Waals surface area contributed by atoms with E-state index in [0.717, 1.165) is 26.9 Å². The number of nitrogens with zero attached hydrogens (tertiary/aromatic N) is 1. The van der Waals surface area contributed by atoms with Gasteiger partial charge in [0.1, 0.15) is 5.00 Å². The standard InChI is InChI=1S/C27H27N3O2S/c1-15-16(2)33-26(23(15)24(28)31)30-25(32)20-14-22(29-21-9-7-6-8-19(20)21)17-10-12-18(13-11-17)27(3,4)5/h6-14H,1-5H3,(H2,28,31)(H,30,32). The third kappa shape index (κ3) is 4.39. The second-order valence-electron chi connectivity index (χ2n) is 9.21. The van der Waals surface area contributed by atoms with Crippen LogP contribution in [-0.4, -0.2) is 16.8 Å². The summed E-state index contributed by atoms with van der Waals surface area (Å²) >= 11 is 1.35. The van der Waals surface area contributed by atoms with Crippen molar-refractivity contribution in [3.63, 3.8) is 0 Å². The number of hydrogen-bond donors (Lipinski definition) is 2. The van der Waals surface area contributed by atoms with E-state index >= 15 is 0 Å². The van der Waals surface area contributed by atoms with Crippen LogP contribution in [0.3, 0.4) is 0 Å². The van der Waals surface area contributed by atoms with E-state index in [2.05, 4.69) is 38.2 Å². The summed E-state index contributed by atoms with van der Waals surface area (Å²) in [6.07, 6.45) is 0. The van der Waals surface area contributed by atoms with Gasteiger partial charge in [-0.2, -0.15) is 0 Å². The molecule has 2 aromatic carbocycles. The Balaban J connectivity index is 1.79. The van der Waals surface area contributed by atoms with Crippen LogP contribution < -0.4 is 11.1 Å². The highest BCUT2D eigenvalue weighted by Gasteiger charge is 2.21. The van der Waals surface area contributed by atoms with Gasteiger partial charge in [0.15, 0.2) is 0 Å². The zero-order valence-corrected chi connectivity index (χ0v) is 20.3. The highest BCUT2D eigenvalue weighted by atomic mass is 32.1. The monoisotopic (exact) mass is 457 g/mol. The number of thiophene rings is 1. The van der Waals surface area contributed by atoms with Crippen molar-refractivity contribution in [1.82, 2.24) is 4.98 Å². The number of carbonyl (C=O) groups is 2. The molecule has 0 radical (unpaired) electrons. The first kappa shape index (κ1) is 22.7. The number of aryl methyl sites for hydroxylation is 1. The van der Waals surface area contributed by atoms with E-state index in [4.69, 9.17) is 10.7 Å². The van der Waals surface area contributed by atoms with E-state index in [-0.39, 0.29) is 11.3 Å². The smallest absolute Gasteiger partial charge is 0.257 e. The molecule has 0 saturated carbocycles. The van der Waals surface area contributed by atoms with Gasteiger partial charge >= 0.3 is 0 Å². The summed E-state index contributed by atoms with van der Waals surface area (Å²) in [5.74, 6) is -0.851. The van der Waals surface area contributed by atoms with Crippen molar-refractivity contribution >= 4 is 39.1 Å². The summed E-state index contributed by atoms with van der Waals surface area (Å²) in [5.41, 5.74) is 10.9. The summed E-state index contributed by atoms with van der Waals surface area (Å²) in [4.78, 5) is 31.1. The molecular weight excluding hydrogens is 430 g/mol. The predicted molar refractivity (Wildman–Crippen MR) is 136 cm³/mol. The quantitative estimate of drug-likeness (QED) is 0.381. The molecule has 4 aromatic rings. The van der Waals surface area contributed by atoms with Gasteiger partial charge in [-0.15, -0.1) is 11.3 Å². The molecule has 5 nitrogen and oxygen atoms in total. The van der Waals surface area contributed by atoms with Crippen LogP contribution in [-0.2, 0) is 5.41 Å². The lowest BCUT2D eigenvalue weighted by atomic mass is 9.86. The number of para-hydroxylation sites is 1. The van der Waals surface area contributed by atoms with Crippen molar-refractivity contribution < 1.29 is 9.59 Å². The lowest BCUT2D eigenvalue weighted by molar-refractivity contribution is 0.100. The number of aromatic nitrogens is 1. The average Bonchev–Trinajstić information content (AvgIpc) is 3.05. The van der Waals surface area contributed by atoms with Crippen molar-refractivity contribution in [2.75, 3.05) is 5.32 Å². The van der Waals surface area contributed by atoms with E-state index < -0.39 is 5.91 Å². The van der Waals surface area contributed by atoms with Gasteiger partial charge in [0.25, 0.3) is 11.8 Å². The molecule has 4 rings (SSSR count). The number of anilines is 1. The predicted octanol–water partition coefficient (Wildman–Crippen LogP) is 6.23. The van der Waals surface area contributed by atoms with Crippen LogP contribution in [0.5, 0.6) is 0 Å². The molecule has 2 amide bonds. The number of carbonyl (C=O) groups excluding carboxylic acids is 2. The van der Waals surface area contributed by atoms with Gasteiger partial charge in [-0.25, -0.2) is 4.98 Å². The Bertz CT molecular complexity index is 1380. The van der Waals surface area contributed by atoms with Crippen LogP contribution in [0.1, 0.15) is 57.5 Å². The number of primary amides is 1. The fourth-order valence-electron chi connectivity index (χ4n) is 3.83. The zero-order chi connectivity index (χ0) is 23.9. The van der Waals surface area contributed by atoms with Gasteiger partial charge in [-0.1, -0.05) is 63.2 Å². The van der Waals surface area contributed by atoms with Crippen LogP contribution in [0.2, 0.25) is 0 Å². The molecule has 0 bridgehead atoms. The number of fused-ring (bicyclic) bond motifs is 1. The molecule has 0 spiro atoms. The lowest BCUT2D eigenvalue weighted by Gasteiger charge is -2.19. The van der Waals surface area contributed by atoms with Gasteiger partial charge in [-0.3, -0.25) is 9.59 Å². The first-order valence-electron chi connectivity index (χ1n) is 10.8. The Kier molecular flexibility index (Phi) is 5.80. The molecule has 0 unspecified atom stereocenters. The molecule has 0 aliphatic rings. The summed E-state index contributed by atoms with van der Waals surface area (Å²) in [5, 5.41) is 4.14. The first-order chi connectivity index (χ1) is 15.6. The lowest BCUT2D eigenvalue weighted by Crippen LogP contribution is -2.18. The number of rotatable bonds is 4. The minimum absolute atomic E-state index is 0.0511. The van der Waals surface area contributed by atoms with Gasteiger partial charge in [-0.05, 0) is 42.5 Å². The maximum atomic E-state index is 13.4. The molecule has 2 aromatic heterocycles. The molecule has 168 valence electrons. The zero-order valence-electron chi connectivity index (χ0n) is 19.4. The Morgan fingerprint density at radius 1 is 1.00 bits per heavy atom. The van der Waals surface area contributed by atoms with Gasteiger partial charge < -0.3 is 11.1 Å².